The summed E-state index contributed by atoms with van der Waals surface area (Å²) >= 11 is 0. The van der Waals surface area contributed by atoms with E-state index in [4.69, 9.17) is 14.5 Å². The molecule has 0 spiro atoms. The zero-order valence-electron chi connectivity index (χ0n) is 8.37. The van der Waals surface area contributed by atoms with Gasteiger partial charge in [-0.25, -0.2) is 9.97 Å². The second-order valence-electron chi connectivity index (χ2n) is 3.15. The van der Waals surface area contributed by atoms with Gasteiger partial charge in [0, 0.05) is 17.9 Å². The minimum atomic E-state index is -1.54. The van der Waals surface area contributed by atoms with Crippen LogP contribution in [0.5, 0.6) is 0 Å². The summed E-state index contributed by atoms with van der Waals surface area (Å²) in [7, 11) is -1.54. The topological polar surface area (TPSA) is 91.4 Å². The summed E-state index contributed by atoms with van der Waals surface area (Å²) in [6.07, 6.45) is 4.29. The zero-order chi connectivity index (χ0) is 11.4. The molecule has 2 aromatic rings. The fraction of sp³-hybridized carbons (Fsp3) is 0.111. The van der Waals surface area contributed by atoms with Gasteiger partial charge in [0.25, 0.3) is 0 Å². The minimum Gasteiger partial charge on any atom is -0.467 e. The number of anilines is 1. The Kier molecular flexibility index (Phi) is 3.18. The summed E-state index contributed by atoms with van der Waals surface area (Å²) in [4.78, 5) is 7.83. The van der Waals surface area contributed by atoms with Crippen molar-refractivity contribution in [2.24, 2.45) is 0 Å². The molecule has 0 bridgehead atoms. The van der Waals surface area contributed by atoms with Crippen molar-refractivity contribution in [3.63, 3.8) is 0 Å². The normalized spacial score (nSPS) is 10.1. The first kappa shape index (κ1) is 10.7. The van der Waals surface area contributed by atoms with Crippen LogP contribution in [0.3, 0.4) is 0 Å². The third-order valence-electron chi connectivity index (χ3n) is 1.97. The van der Waals surface area contributed by atoms with Gasteiger partial charge in [0.05, 0.1) is 12.8 Å². The van der Waals surface area contributed by atoms with E-state index in [9.17, 15) is 0 Å². The summed E-state index contributed by atoms with van der Waals surface area (Å²) in [5.41, 5.74) is 0.253. The standard InChI is InChI=1S/C9H10BN3O3/c14-10(15)7-4-11-9(12-5-7)13-6-8-2-1-3-16-8/h1-5,14-15H,6H2,(H,11,12,13). The third kappa shape index (κ3) is 2.59. The molecular formula is C9H10BN3O3. The van der Waals surface area contributed by atoms with Crippen molar-refractivity contribution in [2.45, 2.75) is 6.54 Å². The fourth-order valence-electron chi connectivity index (χ4n) is 1.14. The minimum absolute atomic E-state index is 0.253. The molecule has 0 aliphatic rings. The van der Waals surface area contributed by atoms with Gasteiger partial charge in [-0.05, 0) is 12.1 Å². The maximum atomic E-state index is 8.83. The first-order valence-corrected chi connectivity index (χ1v) is 4.70. The molecule has 82 valence electrons. The van der Waals surface area contributed by atoms with Crippen molar-refractivity contribution < 1.29 is 14.5 Å². The summed E-state index contributed by atoms with van der Waals surface area (Å²) in [6.45, 7) is 0.480. The number of hydrogen-bond acceptors (Lipinski definition) is 6. The molecule has 2 aromatic heterocycles. The Labute approximate surface area is 92.1 Å². The fourth-order valence-corrected chi connectivity index (χ4v) is 1.14. The quantitative estimate of drug-likeness (QED) is 0.592. The summed E-state index contributed by atoms with van der Waals surface area (Å²) in [6, 6.07) is 3.63. The van der Waals surface area contributed by atoms with Crippen molar-refractivity contribution in [1.29, 1.82) is 0 Å². The van der Waals surface area contributed by atoms with Crippen molar-refractivity contribution in [1.82, 2.24) is 9.97 Å². The van der Waals surface area contributed by atoms with Crippen LogP contribution in [0.4, 0.5) is 5.95 Å². The van der Waals surface area contributed by atoms with Crippen LogP contribution in [0, 0.1) is 0 Å². The lowest BCUT2D eigenvalue weighted by molar-refractivity contribution is 0.425. The molecule has 0 saturated heterocycles. The van der Waals surface area contributed by atoms with Crippen LogP contribution in [-0.4, -0.2) is 27.1 Å². The Balaban J connectivity index is 1.95. The van der Waals surface area contributed by atoms with Crippen LogP contribution in [0.15, 0.2) is 35.2 Å². The van der Waals surface area contributed by atoms with E-state index in [0.29, 0.717) is 12.5 Å². The molecule has 0 unspecified atom stereocenters. The van der Waals surface area contributed by atoms with E-state index in [2.05, 4.69) is 15.3 Å². The maximum absolute atomic E-state index is 8.83. The Hall–Kier alpha value is -1.86. The van der Waals surface area contributed by atoms with Crippen LogP contribution < -0.4 is 10.8 Å². The van der Waals surface area contributed by atoms with Crippen molar-refractivity contribution >= 4 is 18.5 Å². The van der Waals surface area contributed by atoms with Gasteiger partial charge < -0.3 is 19.8 Å². The van der Waals surface area contributed by atoms with E-state index in [1.165, 1.54) is 12.4 Å². The van der Waals surface area contributed by atoms with Crippen molar-refractivity contribution in [2.75, 3.05) is 5.32 Å². The molecule has 0 fully saturated rings. The van der Waals surface area contributed by atoms with E-state index >= 15 is 0 Å². The third-order valence-corrected chi connectivity index (χ3v) is 1.97. The van der Waals surface area contributed by atoms with Crippen LogP contribution in [0.1, 0.15) is 5.76 Å². The highest BCUT2D eigenvalue weighted by molar-refractivity contribution is 6.58. The van der Waals surface area contributed by atoms with Gasteiger partial charge >= 0.3 is 7.12 Å². The number of nitrogens with zero attached hydrogens (tertiary/aromatic N) is 2. The van der Waals surface area contributed by atoms with E-state index in [1.54, 1.807) is 12.3 Å². The molecule has 0 aliphatic carbocycles. The van der Waals surface area contributed by atoms with E-state index in [-0.39, 0.29) is 5.46 Å². The van der Waals surface area contributed by atoms with Crippen molar-refractivity contribution in [3.05, 3.63) is 36.5 Å². The van der Waals surface area contributed by atoms with Crippen LogP contribution in [0.2, 0.25) is 0 Å². The Morgan fingerprint density at radius 2 is 2.06 bits per heavy atom. The first-order valence-electron chi connectivity index (χ1n) is 4.70. The number of furan rings is 1. The highest BCUT2D eigenvalue weighted by Crippen LogP contribution is 2.02. The Morgan fingerprint density at radius 1 is 1.31 bits per heavy atom. The van der Waals surface area contributed by atoms with Crippen LogP contribution in [0.25, 0.3) is 0 Å². The predicted molar refractivity (Wildman–Crippen MR) is 57.9 cm³/mol. The molecule has 7 heteroatoms. The van der Waals surface area contributed by atoms with E-state index < -0.39 is 7.12 Å². The second kappa shape index (κ2) is 4.78. The van der Waals surface area contributed by atoms with Crippen molar-refractivity contribution in [3.8, 4) is 0 Å². The van der Waals surface area contributed by atoms with E-state index in [0.717, 1.165) is 5.76 Å². The van der Waals surface area contributed by atoms with Gasteiger partial charge in [0.2, 0.25) is 5.95 Å². The monoisotopic (exact) mass is 219 g/mol. The molecule has 0 aromatic carbocycles. The molecule has 0 amide bonds. The van der Waals surface area contributed by atoms with Gasteiger partial charge in [-0.1, -0.05) is 0 Å². The smallest absolute Gasteiger partial charge is 0.467 e. The first-order chi connectivity index (χ1) is 7.75. The highest BCUT2D eigenvalue weighted by Gasteiger charge is 2.11. The van der Waals surface area contributed by atoms with Gasteiger partial charge in [-0.3, -0.25) is 0 Å². The summed E-state index contributed by atoms with van der Waals surface area (Å²) in [5.74, 6) is 1.18. The molecule has 3 N–H and O–H groups in total. The zero-order valence-corrected chi connectivity index (χ0v) is 8.37. The SMILES string of the molecule is OB(O)c1cnc(NCc2ccco2)nc1. The van der Waals surface area contributed by atoms with Gasteiger partial charge in [0.1, 0.15) is 5.76 Å². The molecule has 2 heterocycles. The largest absolute Gasteiger partial charge is 0.491 e. The molecule has 2 rings (SSSR count). The van der Waals surface area contributed by atoms with Gasteiger partial charge in [0.15, 0.2) is 0 Å². The molecule has 16 heavy (non-hydrogen) atoms. The summed E-state index contributed by atoms with van der Waals surface area (Å²) < 4.78 is 5.12. The average Bonchev–Trinajstić information content (AvgIpc) is 2.80. The Morgan fingerprint density at radius 3 is 2.62 bits per heavy atom. The molecule has 6 nitrogen and oxygen atoms in total. The number of nitrogens with one attached hydrogen (secondary N) is 1. The lowest BCUT2D eigenvalue weighted by Crippen LogP contribution is -2.30. The molecular weight excluding hydrogens is 209 g/mol. The van der Waals surface area contributed by atoms with Gasteiger partial charge in [-0.15, -0.1) is 0 Å². The Bertz CT molecular complexity index is 430. The van der Waals surface area contributed by atoms with Crippen LogP contribution in [-0.2, 0) is 6.54 Å². The second-order valence-corrected chi connectivity index (χ2v) is 3.15. The predicted octanol–water partition coefficient (Wildman–Crippen LogP) is -0.639. The molecule has 0 aliphatic heterocycles. The number of rotatable bonds is 4. The molecule has 0 atom stereocenters. The van der Waals surface area contributed by atoms with Gasteiger partial charge in [-0.2, -0.15) is 0 Å². The number of aromatic nitrogens is 2. The van der Waals surface area contributed by atoms with E-state index in [1.807, 2.05) is 6.07 Å². The highest BCUT2D eigenvalue weighted by atomic mass is 16.4. The molecule has 0 radical (unpaired) electrons. The lowest BCUT2D eigenvalue weighted by Gasteiger charge is -2.03. The lowest BCUT2D eigenvalue weighted by atomic mass is 9.83. The average molecular weight is 219 g/mol. The maximum Gasteiger partial charge on any atom is 0.491 e. The summed E-state index contributed by atoms with van der Waals surface area (Å²) in [5, 5.41) is 20.6. The number of hydrogen-bond donors (Lipinski definition) is 3. The molecule has 0 saturated carbocycles. The van der Waals surface area contributed by atoms with Crippen LogP contribution >= 0.6 is 0 Å².